The van der Waals surface area contributed by atoms with Crippen molar-refractivity contribution in [2.24, 2.45) is 10.9 Å². The number of hydrogen-bond acceptors (Lipinski definition) is 5. The zero-order valence-corrected chi connectivity index (χ0v) is 21.7. The van der Waals surface area contributed by atoms with Crippen LogP contribution in [0.4, 0.5) is 0 Å². The number of nitrogens with zero attached hydrogens (tertiary/aromatic N) is 3. The van der Waals surface area contributed by atoms with Crippen molar-refractivity contribution in [3.8, 4) is 5.75 Å². The van der Waals surface area contributed by atoms with Crippen molar-refractivity contribution < 1.29 is 14.3 Å². The number of rotatable bonds is 8. The molecule has 2 N–H and O–H groups in total. The molecular formula is C23H38IN5O3. The molecular weight excluding hydrogens is 521 g/mol. The largest absolute Gasteiger partial charge is 0.492 e. The van der Waals surface area contributed by atoms with Gasteiger partial charge in [0.1, 0.15) is 12.4 Å². The fourth-order valence-corrected chi connectivity index (χ4v) is 4.12. The Labute approximate surface area is 209 Å². The summed E-state index contributed by atoms with van der Waals surface area (Å²) < 4.78 is 11.5. The van der Waals surface area contributed by atoms with E-state index in [1.54, 1.807) is 7.05 Å². The van der Waals surface area contributed by atoms with E-state index in [9.17, 15) is 4.79 Å². The third-order valence-electron chi connectivity index (χ3n) is 6.06. The van der Waals surface area contributed by atoms with E-state index in [2.05, 4.69) is 31.5 Å². The molecule has 180 valence electrons. The Morgan fingerprint density at radius 2 is 1.91 bits per heavy atom. The summed E-state index contributed by atoms with van der Waals surface area (Å²) in [6, 6.07) is 8.18. The van der Waals surface area contributed by atoms with Crippen molar-refractivity contribution in [3.05, 3.63) is 29.8 Å². The molecule has 0 unspecified atom stereocenters. The van der Waals surface area contributed by atoms with Crippen LogP contribution in [0.25, 0.3) is 0 Å². The minimum atomic E-state index is 0. The molecule has 2 saturated heterocycles. The van der Waals surface area contributed by atoms with E-state index in [-0.39, 0.29) is 29.9 Å². The lowest BCUT2D eigenvalue weighted by molar-refractivity contribution is -0.121. The van der Waals surface area contributed by atoms with Gasteiger partial charge in [-0.3, -0.25) is 14.7 Å². The average Bonchev–Trinajstić information content (AvgIpc) is 2.82. The van der Waals surface area contributed by atoms with Gasteiger partial charge in [-0.25, -0.2) is 0 Å². The minimum Gasteiger partial charge on any atom is -0.492 e. The molecule has 3 rings (SSSR count). The molecule has 32 heavy (non-hydrogen) atoms. The number of likely N-dealkylation sites (tertiary alicyclic amines) is 1. The van der Waals surface area contributed by atoms with Crippen molar-refractivity contribution in [1.29, 1.82) is 0 Å². The fraction of sp³-hybridized carbons (Fsp3) is 0.652. The number of carbonyl (C=O) groups is 1. The highest BCUT2D eigenvalue weighted by molar-refractivity contribution is 14.0. The molecule has 1 amide bonds. The van der Waals surface area contributed by atoms with Crippen LogP contribution in [0.5, 0.6) is 5.75 Å². The normalized spacial score (nSPS) is 18.1. The van der Waals surface area contributed by atoms with E-state index < -0.39 is 0 Å². The van der Waals surface area contributed by atoms with Gasteiger partial charge in [-0.1, -0.05) is 18.2 Å². The van der Waals surface area contributed by atoms with Crippen LogP contribution < -0.4 is 15.4 Å². The van der Waals surface area contributed by atoms with Crippen LogP contribution in [0.3, 0.4) is 0 Å². The summed E-state index contributed by atoms with van der Waals surface area (Å²) in [5.74, 6) is 2.41. The van der Waals surface area contributed by atoms with E-state index >= 15 is 0 Å². The van der Waals surface area contributed by atoms with Gasteiger partial charge in [0.05, 0.1) is 13.2 Å². The van der Waals surface area contributed by atoms with E-state index in [1.807, 2.05) is 25.2 Å². The van der Waals surface area contributed by atoms with Crippen molar-refractivity contribution in [2.75, 3.05) is 66.6 Å². The van der Waals surface area contributed by atoms with Crippen LogP contribution in [0.1, 0.15) is 24.8 Å². The van der Waals surface area contributed by atoms with Crippen LogP contribution in [0.2, 0.25) is 0 Å². The SMILES string of the molecule is CN=C(NCc1ccccc1OCCN1CCOCC1)N1CCC(CC(=O)NC)CC1.I. The van der Waals surface area contributed by atoms with E-state index in [1.165, 1.54) is 0 Å². The first-order valence-corrected chi connectivity index (χ1v) is 11.4. The molecule has 0 saturated carbocycles. The van der Waals surface area contributed by atoms with Crippen molar-refractivity contribution in [1.82, 2.24) is 20.4 Å². The first kappa shape index (κ1) is 26.7. The van der Waals surface area contributed by atoms with Crippen LogP contribution in [0, 0.1) is 5.92 Å². The number of halogens is 1. The predicted molar refractivity (Wildman–Crippen MR) is 138 cm³/mol. The molecule has 2 heterocycles. The van der Waals surface area contributed by atoms with Crippen LogP contribution >= 0.6 is 24.0 Å². The Morgan fingerprint density at radius 3 is 2.59 bits per heavy atom. The lowest BCUT2D eigenvalue weighted by atomic mass is 9.93. The topological polar surface area (TPSA) is 78.4 Å². The second-order valence-corrected chi connectivity index (χ2v) is 8.12. The minimum absolute atomic E-state index is 0. The van der Waals surface area contributed by atoms with Gasteiger partial charge < -0.3 is 25.0 Å². The number of ether oxygens (including phenoxy) is 2. The molecule has 0 radical (unpaired) electrons. The van der Waals surface area contributed by atoms with Crippen LogP contribution in [-0.2, 0) is 16.1 Å². The van der Waals surface area contributed by atoms with Gasteiger partial charge in [0, 0.05) is 65.3 Å². The number of piperidine rings is 1. The molecule has 0 aromatic heterocycles. The summed E-state index contributed by atoms with van der Waals surface area (Å²) in [4.78, 5) is 20.8. The summed E-state index contributed by atoms with van der Waals surface area (Å²) in [6.45, 7) is 7.65. The lowest BCUT2D eigenvalue weighted by Crippen LogP contribution is -2.45. The predicted octanol–water partition coefficient (Wildman–Crippen LogP) is 1.94. The van der Waals surface area contributed by atoms with Gasteiger partial charge in [-0.15, -0.1) is 24.0 Å². The number of morpholine rings is 1. The first-order chi connectivity index (χ1) is 15.2. The number of benzene rings is 1. The van der Waals surface area contributed by atoms with Crippen molar-refractivity contribution in [3.63, 3.8) is 0 Å². The number of para-hydroxylation sites is 1. The fourth-order valence-electron chi connectivity index (χ4n) is 4.12. The van der Waals surface area contributed by atoms with Gasteiger partial charge in [0.15, 0.2) is 5.96 Å². The molecule has 2 fully saturated rings. The Hall–Kier alpha value is -1.59. The zero-order valence-electron chi connectivity index (χ0n) is 19.3. The Balaban J connectivity index is 0.00000363. The Bertz CT molecular complexity index is 719. The quantitative estimate of drug-likeness (QED) is 0.288. The molecule has 2 aliphatic heterocycles. The lowest BCUT2D eigenvalue weighted by Gasteiger charge is -2.34. The maximum absolute atomic E-state index is 11.6. The number of carbonyl (C=O) groups excluding carboxylic acids is 1. The maximum atomic E-state index is 11.6. The average molecular weight is 559 g/mol. The van der Waals surface area contributed by atoms with Crippen LogP contribution in [0.15, 0.2) is 29.3 Å². The second-order valence-electron chi connectivity index (χ2n) is 8.12. The van der Waals surface area contributed by atoms with Crippen molar-refractivity contribution in [2.45, 2.75) is 25.8 Å². The summed E-state index contributed by atoms with van der Waals surface area (Å²) in [5, 5.41) is 6.22. The van der Waals surface area contributed by atoms with E-state index in [4.69, 9.17) is 9.47 Å². The third kappa shape index (κ3) is 8.40. The molecule has 8 nitrogen and oxygen atoms in total. The third-order valence-corrected chi connectivity index (χ3v) is 6.06. The number of hydrogen-bond donors (Lipinski definition) is 2. The van der Waals surface area contributed by atoms with Gasteiger partial charge >= 0.3 is 0 Å². The molecule has 1 aromatic carbocycles. The van der Waals surface area contributed by atoms with Crippen LogP contribution in [-0.4, -0.2) is 88.3 Å². The number of nitrogens with one attached hydrogen (secondary N) is 2. The summed E-state index contributed by atoms with van der Waals surface area (Å²) in [5.41, 5.74) is 1.13. The number of amides is 1. The highest BCUT2D eigenvalue weighted by atomic mass is 127. The van der Waals surface area contributed by atoms with Gasteiger partial charge in [0.25, 0.3) is 0 Å². The van der Waals surface area contributed by atoms with Crippen molar-refractivity contribution >= 4 is 35.8 Å². The molecule has 0 bridgehead atoms. The zero-order chi connectivity index (χ0) is 21.9. The monoisotopic (exact) mass is 559 g/mol. The smallest absolute Gasteiger partial charge is 0.220 e. The Kier molecular flexibility index (Phi) is 12.1. The highest BCUT2D eigenvalue weighted by Crippen LogP contribution is 2.21. The standard InChI is InChI=1S/C23H37N5O3.HI/c1-24-22(29)17-19-7-9-28(10-8-19)23(25-2)26-18-20-5-3-4-6-21(20)31-16-13-27-11-14-30-15-12-27;/h3-6,19H,7-18H2,1-2H3,(H,24,29)(H,25,26);1H. The molecule has 0 atom stereocenters. The van der Waals surface area contributed by atoms with E-state index in [0.29, 0.717) is 25.5 Å². The highest BCUT2D eigenvalue weighted by Gasteiger charge is 2.23. The summed E-state index contributed by atoms with van der Waals surface area (Å²) >= 11 is 0. The Morgan fingerprint density at radius 1 is 1.19 bits per heavy atom. The molecule has 0 spiro atoms. The summed E-state index contributed by atoms with van der Waals surface area (Å²) in [7, 11) is 3.52. The number of guanidine groups is 1. The first-order valence-electron chi connectivity index (χ1n) is 11.4. The van der Waals surface area contributed by atoms with Gasteiger partial charge in [-0.05, 0) is 24.8 Å². The second kappa shape index (κ2) is 14.5. The van der Waals surface area contributed by atoms with E-state index in [0.717, 1.165) is 76.1 Å². The molecule has 0 aliphatic carbocycles. The maximum Gasteiger partial charge on any atom is 0.220 e. The summed E-state index contributed by atoms with van der Waals surface area (Å²) in [6.07, 6.45) is 2.64. The molecule has 1 aromatic rings. The van der Waals surface area contributed by atoms with Gasteiger partial charge in [0.2, 0.25) is 5.91 Å². The molecule has 9 heteroatoms. The number of aliphatic imine (C=N–C) groups is 1. The molecule has 2 aliphatic rings. The van der Waals surface area contributed by atoms with Gasteiger partial charge in [-0.2, -0.15) is 0 Å².